The molecule has 0 fully saturated rings. The number of pyridine rings is 1. The molecule has 0 bridgehead atoms. The zero-order valence-electron chi connectivity index (χ0n) is 12.1. The molecule has 114 valence electrons. The molecule has 0 saturated carbocycles. The van der Waals surface area contributed by atoms with Crippen molar-refractivity contribution >= 4 is 22.6 Å². The minimum absolute atomic E-state index is 0.403. The first-order chi connectivity index (χ1) is 11.2. The Hall–Kier alpha value is -2.87. The van der Waals surface area contributed by atoms with E-state index in [0.29, 0.717) is 28.9 Å². The molecule has 0 aliphatic heterocycles. The highest BCUT2D eigenvalue weighted by molar-refractivity contribution is 6.29. The van der Waals surface area contributed by atoms with Crippen molar-refractivity contribution in [1.82, 2.24) is 39.9 Å². The van der Waals surface area contributed by atoms with Crippen LogP contribution in [0.15, 0.2) is 30.9 Å². The number of nitrogens with one attached hydrogen (secondary N) is 1. The topological polar surface area (TPSA) is 98.1 Å². The maximum Gasteiger partial charge on any atom is 0.202 e. The Morgan fingerprint density at radius 1 is 1.17 bits per heavy atom. The summed E-state index contributed by atoms with van der Waals surface area (Å²) in [5.41, 5.74) is 2.24. The maximum atomic E-state index is 6.04. The molecular formula is C14H11ClN8. The average molecular weight is 327 g/mol. The first-order valence-corrected chi connectivity index (χ1v) is 7.25. The summed E-state index contributed by atoms with van der Waals surface area (Å²) in [5.74, 6) is 1.25. The van der Waals surface area contributed by atoms with E-state index in [4.69, 9.17) is 11.6 Å². The van der Waals surface area contributed by atoms with Gasteiger partial charge in [-0.2, -0.15) is 10.2 Å². The molecule has 0 amide bonds. The molecule has 0 radical (unpaired) electrons. The largest absolute Gasteiger partial charge is 0.263 e. The zero-order valence-corrected chi connectivity index (χ0v) is 12.9. The normalized spacial score (nSPS) is 11.2. The van der Waals surface area contributed by atoms with Crippen LogP contribution in [0.5, 0.6) is 0 Å². The van der Waals surface area contributed by atoms with Crippen LogP contribution in [-0.2, 0) is 6.54 Å². The van der Waals surface area contributed by atoms with E-state index in [1.165, 1.54) is 6.33 Å². The first-order valence-electron chi connectivity index (χ1n) is 6.87. The molecule has 8 nitrogen and oxygen atoms in total. The molecule has 0 unspecified atom stereocenters. The van der Waals surface area contributed by atoms with Crippen LogP contribution < -0.4 is 0 Å². The van der Waals surface area contributed by atoms with E-state index >= 15 is 0 Å². The number of hydrogen-bond donors (Lipinski definition) is 1. The molecule has 0 aliphatic carbocycles. The summed E-state index contributed by atoms with van der Waals surface area (Å²) in [6.07, 6.45) is 4.96. The highest BCUT2D eigenvalue weighted by Crippen LogP contribution is 2.26. The Morgan fingerprint density at radius 2 is 2.00 bits per heavy atom. The third kappa shape index (κ3) is 2.53. The van der Waals surface area contributed by atoms with Crippen LogP contribution >= 0.6 is 11.6 Å². The van der Waals surface area contributed by atoms with Gasteiger partial charge in [-0.3, -0.25) is 5.10 Å². The van der Waals surface area contributed by atoms with Gasteiger partial charge in [-0.25, -0.2) is 24.6 Å². The number of nitrogens with zero attached hydrogens (tertiary/aromatic N) is 7. The van der Waals surface area contributed by atoms with E-state index in [0.717, 1.165) is 16.8 Å². The maximum absolute atomic E-state index is 6.04. The molecule has 4 aromatic rings. The van der Waals surface area contributed by atoms with Crippen molar-refractivity contribution in [2.45, 2.75) is 13.5 Å². The molecule has 4 aromatic heterocycles. The van der Waals surface area contributed by atoms with Gasteiger partial charge in [-0.1, -0.05) is 11.6 Å². The van der Waals surface area contributed by atoms with Gasteiger partial charge < -0.3 is 0 Å². The van der Waals surface area contributed by atoms with Gasteiger partial charge in [0.2, 0.25) is 5.82 Å². The first kappa shape index (κ1) is 13.8. The van der Waals surface area contributed by atoms with Crippen molar-refractivity contribution in [3.8, 4) is 11.5 Å². The van der Waals surface area contributed by atoms with Crippen LogP contribution in [-0.4, -0.2) is 39.9 Å². The predicted octanol–water partition coefficient (Wildman–Crippen LogP) is 2.02. The summed E-state index contributed by atoms with van der Waals surface area (Å²) in [6.45, 7) is 2.32. The van der Waals surface area contributed by atoms with Crippen LogP contribution in [0.2, 0.25) is 5.15 Å². The number of halogens is 1. The number of aromatic amines is 1. The van der Waals surface area contributed by atoms with E-state index in [1.54, 1.807) is 23.1 Å². The lowest BCUT2D eigenvalue weighted by atomic mass is 10.2. The van der Waals surface area contributed by atoms with Crippen molar-refractivity contribution in [2.24, 2.45) is 0 Å². The van der Waals surface area contributed by atoms with Gasteiger partial charge in [0.05, 0.1) is 11.9 Å². The van der Waals surface area contributed by atoms with Crippen molar-refractivity contribution in [2.75, 3.05) is 0 Å². The summed E-state index contributed by atoms with van der Waals surface area (Å²) < 4.78 is 1.75. The monoisotopic (exact) mass is 326 g/mol. The lowest BCUT2D eigenvalue weighted by Crippen LogP contribution is -2.03. The van der Waals surface area contributed by atoms with Gasteiger partial charge in [0.25, 0.3) is 0 Å². The summed E-state index contributed by atoms with van der Waals surface area (Å²) in [4.78, 5) is 16.8. The highest BCUT2D eigenvalue weighted by atomic mass is 35.5. The second kappa shape index (κ2) is 5.40. The third-order valence-corrected chi connectivity index (χ3v) is 3.53. The van der Waals surface area contributed by atoms with Gasteiger partial charge in [-0.15, -0.1) is 0 Å². The molecule has 4 rings (SSSR count). The number of rotatable bonds is 3. The van der Waals surface area contributed by atoms with Crippen LogP contribution in [0, 0.1) is 6.92 Å². The number of hydrogen-bond acceptors (Lipinski definition) is 6. The van der Waals surface area contributed by atoms with Gasteiger partial charge >= 0.3 is 0 Å². The lowest BCUT2D eigenvalue weighted by Gasteiger charge is -2.02. The molecule has 0 spiro atoms. The fourth-order valence-electron chi connectivity index (χ4n) is 2.34. The van der Waals surface area contributed by atoms with E-state index in [2.05, 4.69) is 35.2 Å². The Labute approximate surface area is 135 Å². The molecule has 0 aliphatic rings. The van der Waals surface area contributed by atoms with Crippen LogP contribution in [0.3, 0.4) is 0 Å². The van der Waals surface area contributed by atoms with Crippen molar-refractivity contribution in [3.63, 3.8) is 0 Å². The quantitative estimate of drug-likeness (QED) is 0.578. The molecule has 0 atom stereocenters. The number of aromatic nitrogens is 8. The molecule has 4 heterocycles. The second-order valence-corrected chi connectivity index (χ2v) is 5.39. The van der Waals surface area contributed by atoms with Crippen LogP contribution in [0.4, 0.5) is 0 Å². The molecule has 0 saturated heterocycles. The van der Waals surface area contributed by atoms with Gasteiger partial charge in [0.1, 0.15) is 23.0 Å². The van der Waals surface area contributed by atoms with Crippen molar-refractivity contribution in [1.29, 1.82) is 0 Å². The Kier molecular flexibility index (Phi) is 3.23. The fourth-order valence-corrected chi connectivity index (χ4v) is 2.48. The SMILES string of the molecule is Cc1nc(-c2nn(Cc3cncnc3)c3nc(Cl)ccc23)n[nH]1. The van der Waals surface area contributed by atoms with Gasteiger partial charge in [0, 0.05) is 18.0 Å². The van der Waals surface area contributed by atoms with E-state index in [1.807, 2.05) is 13.0 Å². The minimum Gasteiger partial charge on any atom is -0.263 e. The molecule has 1 N–H and O–H groups in total. The Morgan fingerprint density at radius 3 is 2.74 bits per heavy atom. The summed E-state index contributed by atoms with van der Waals surface area (Å²) in [5, 5.41) is 12.9. The smallest absolute Gasteiger partial charge is 0.202 e. The highest BCUT2D eigenvalue weighted by Gasteiger charge is 2.17. The van der Waals surface area contributed by atoms with Gasteiger partial charge in [0.15, 0.2) is 5.65 Å². The predicted molar refractivity (Wildman–Crippen MR) is 83.8 cm³/mol. The summed E-state index contributed by atoms with van der Waals surface area (Å²) in [6, 6.07) is 3.60. The standard InChI is InChI=1S/C14H11ClN8/c1-8-18-13(21-20-8)12-10-2-3-11(15)19-14(10)23(22-12)6-9-4-16-7-17-5-9/h2-5,7H,6H2,1H3,(H,18,20,21). The number of aryl methyl sites for hydroxylation is 1. The average Bonchev–Trinajstić information content (AvgIpc) is 3.12. The number of fused-ring (bicyclic) bond motifs is 1. The third-order valence-electron chi connectivity index (χ3n) is 3.32. The Bertz CT molecular complexity index is 975. The van der Waals surface area contributed by atoms with E-state index in [-0.39, 0.29) is 0 Å². The van der Waals surface area contributed by atoms with Gasteiger partial charge in [-0.05, 0) is 19.1 Å². The molecular weight excluding hydrogens is 316 g/mol. The van der Waals surface area contributed by atoms with E-state index < -0.39 is 0 Å². The molecule has 0 aromatic carbocycles. The van der Waals surface area contributed by atoms with Crippen molar-refractivity contribution in [3.05, 3.63) is 47.4 Å². The van der Waals surface area contributed by atoms with E-state index in [9.17, 15) is 0 Å². The van der Waals surface area contributed by atoms with Crippen molar-refractivity contribution < 1.29 is 0 Å². The fraction of sp³-hybridized carbons (Fsp3) is 0.143. The summed E-state index contributed by atoms with van der Waals surface area (Å²) >= 11 is 6.04. The summed E-state index contributed by atoms with van der Waals surface area (Å²) in [7, 11) is 0. The minimum atomic E-state index is 0.403. The lowest BCUT2D eigenvalue weighted by molar-refractivity contribution is 0.700. The molecule has 23 heavy (non-hydrogen) atoms. The second-order valence-electron chi connectivity index (χ2n) is 5.00. The molecule has 9 heteroatoms. The van der Waals surface area contributed by atoms with Crippen LogP contribution in [0.1, 0.15) is 11.4 Å². The zero-order chi connectivity index (χ0) is 15.8. The number of H-pyrrole nitrogens is 1. The van der Waals surface area contributed by atoms with Crippen LogP contribution in [0.25, 0.3) is 22.6 Å². The Balaban J connectivity index is 1.88.